The molecular formula is C15H16N4O2. The summed E-state index contributed by atoms with van der Waals surface area (Å²) < 4.78 is 6.86. The summed E-state index contributed by atoms with van der Waals surface area (Å²) in [6, 6.07) is 10.6. The van der Waals surface area contributed by atoms with Crippen LogP contribution in [0.5, 0.6) is 5.75 Å². The second-order valence-electron chi connectivity index (χ2n) is 4.42. The molecule has 1 N–H and O–H groups in total. The van der Waals surface area contributed by atoms with E-state index >= 15 is 0 Å². The zero-order chi connectivity index (χ0) is 15.2. The van der Waals surface area contributed by atoms with E-state index in [0.717, 1.165) is 5.69 Å². The van der Waals surface area contributed by atoms with Gasteiger partial charge in [-0.3, -0.25) is 9.48 Å². The van der Waals surface area contributed by atoms with Crippen molar-refractivity contribution in [2.45, 2.75) is 20.4 Å². The van der Waals surface area contributed by atoms with Crippen molar-refractivity contribution in [1.82, 2.24) is 9.78 Å². The van der Waals surface area contributed by atoms with Crippen LogP contribution in [-0.4, -0.2) is 22.3 Å². The van der Waals surface area contributed by atoms with Crippen LogP contribution < -0.4 is 10.1 Å². The molecule has 1 amide bonds. The second kappa shape index (κ2) is 6.57. The monoisotopic (exact) mass is 284 g/mol. The highest BCUT2D eigenvalue weighted by atomic mass is 16.5. The van der Waals surface area contributed by atoms with Gasteiger partial charge in [0.25, 0.3) is 5.91 Å². The maximum atomic E-state index is 12.3. The standard InChI is InChI=1S/C15H16N4O2/c1-3-19-14(9-11(2)18-19)15(20)17-12-5-4-6-13(10-12)21-8-7-16/h4-6,9-10H,3,8H2,1-2H3,(H,17,20). The van der Waals surface area contributed by atoms with Gasteiger partial charge < -0.3 is 10.1 Å². The molecule has 0 aliphatic heterocycles. The number of carbonyl (C=O) groups excluding carboxylic acids is 1. The number of hydrogen-bond donors (Lipinski definition) is 1. The normalized spacial score (nSPS) is 9.95. The molecule has 0 bridgehead atoms. The average molecular weight is 284 g/mol. The van der Waals surface area contributed by atoms with Crippen molar-refractivity contribution >= 4 is 11.6 Å². The summed E-state index contributed by atoms with van der Waals surface area (Å²) >= 11 is 0. The number of amides is 1. The lowest BCUT2D eigenvalue weighted by molar-refractivity contribution is 0.101. The fourth-order valence-corrected chi connectivity index (χ4v) is 1.94. The molecule has 0 aliphatic rings. The number of aryl methyl sites for hydroxylation is 2. The lowest BCUT2D eigenvalue weighted by atomic mass is 10.2. The number of aromatic nitrogens is 2. The number of nitriles is 1. The molecule has 0 spiro atoms. The van der Waals surface area contributed by atoms with Gasteiger partial charge in [-0.1, -0.05) is 6.07 Å². The number of carbonyl (C=O) groups is 1. The van der Waals surface area contributed by atoms with Gasteiger partial charge in [-0.05, 0) is 32.0 Å². The fourth-order valence-electron chi connectivity index (χ4n) is 1.94. The van der Waals surface area contributed by atoms with Gasteiger partial charge in [0.1, 0.15) is 17.5 Å². The molecule has 2 aromatic rings. The first-order chi connectivity index (χ1) is 10.1. The van der Waals surface area contributed by atoms with Crippen LogP contribution in [0.1, 0.15) is 23.1 Å². The Kier molecular flexibility index (Phi) is 4.57. The number of nitrogens with zero attached hydrogens (tertiary/aromatic N) is 3. The number of ether oxygens (including phenoxy) is 1. The van der Waals surface area contributed by atoms with Crippen LogP contribution in [0.2, 0.25) is 0 Å². The quantitative estimate of drug-likeness (QED) is 0.914. The van der Waals surface area contributed by atoms with Gasteiger partial charge in [-0.25, -0.2) is 0 Å². The lowest BCUT2D eigenvalue weighted by Crippen LogP contribution is -2.17. The van der Waals surface area contributed by atoms with E-state index in [2.05, 4.69) is 10.4 Å². The number of hydrogen-bond acceptors (Lipinski definition) is 4. The van der Waals surface area contributed by atoms with Gasteiger partial charge in [0.15, 0.2) is 6.61 Å². The molecule has 1 heterocycles. The highest BCUT2D eigenvalue weighted by Gasteiger charge is 2.13. The third kappa shape index (κ3) is 3.60. The summed E-state index contributed by atoms with van der Waals surface area (Å²) in [7, 11) is 0. The van der Waals surface area contributed by atoms with Gasteiger partial charge in [-0.2, -0.15) is 10.4 Å². The number of benzene rings is 1. The van der Waals surface area contributed by atoms with Crippen LogP contribution >= 0.6 is 0 Å². The number of nitrogens with one attached hydrogen (secondary N) is 1. The van der Waals surface area contributed by atoms with Crippen LogP contribution in [0.4, 0.5) is 5.69 Å². The Hall–Kier alpha value is -2.81. The molecule has 0 atom stereocenters. The zero-order valence-corrected chi connectivity index (χ0v) is 12.0. The molecule has 6 heteroatoms. The maximum Gasteiger partial charge on any atom is 0.273 e. The molecule has 6 nitrogen and oxygen atoms in total. The van der Waals surface area contributed by atoms with Gasteiger partial charge in [-0.15, -0.1) is 0 Å². The molecule has 0 saturated carbocycles. The molecule has 0 fully saturated rings. The van der Waals surface area contributed by atoms with Crippen LogP contribution in [0.3, 0.4) is 0 Å². The summed E-state index contributed by atoms with van der Waals surface area (Å²) in [6.07, 6.45) is 0. The van der Waals surface area contributed by atoms with E-state index < -0.39 is 0 Å². The van der Waals surface area contributed by atoms with E-state index in [1.165, 1.54) is 0 Å². The van der Waals surface area contributed by atoms with Gasteiger partial charge in [0.05, 0.1) is 5.69 Å². The third-order valence-electron chi connectivity index (χ3n) is 2.83. The van der Waals surface area contributed by atoms with Gasteiger partial charge in [0.2, 0.25) is 0 Å². The van der Waals surface area contributed by atoms with E-state index in [-0.39, 0.29) is 12.5 Å². The van der Waals surface area contributed by atoms with E-state index in [9.17, 15) is 4.79 Å². The topological polar surface area (TPSA) is 79.9 Å². The minimum atomic E-state index is -0.227. The Morgan fingerprint density at radius 2 is 2.29 bits per heavy atom. The lowest BCUT2D eigenvalue weighted by Gasteiger charge is -2.08. The van der Waals surface area contributed by atoms with Crippen molar-refractivity contribution in [2.75, 3.05) is 11.9 Å². The molecular weight excluding hydrogens is 268 g/mol. The molecule has 0 saturated heterocycles. The van der Waals surface area contributed by atoms with Crippen molar-refractivity contribution in [2.24, 2.45) is 0 Å². The van der Waals surface area contributed by atoms with E-state index in [0.29, 0.717) is 23.7 Å². The zero-order valence-electron chi connectivity index (χ0n) is 12.0. The number of anilines is 1. The highest BCUT2D eigenvalue weighted by molar-refractivity contribution is 6.03. The van der Waals surface area contributed by atoms with Crippen LogP contribution in [0.25, 0.3) is 0 Å². The van der Waals surface area contributed by atoms with Crippen molar-refractivity contribution in [1.29, 1.82) is 5.26 Å². The minimum Gasteiger partial charge on any atom is -0.479 e. The first kappa shape index (κ1) is 14.6. The Labute approximate surface area is 123 Å². The first-order valence-electron chi connectivity index (χ1n) is 6.59. The van der Waals surface area contributed by atoms with E-state index in [1.807, 2.05) is 19.9 Å². The Bertz CT molecular complexity index is 685. The van der Waals surface area contributed by atoms with Crippen molar-refractivity contribution in [3.63, 3.8) is 0 Å². The molecule has 0 aliphatic carbocycles. The average Bonchev–Trinajstić information content (AvgIpc) is 2.87. The molecule has 0 unspecified atom stereocenters. The van der Waals surface area contributed by atoms with E-state index in [1.54, 1.807) is 35.0 Å². The first-order valence-corrected chi connectivity index (χ1v) is 6.59. The van der Waals surface area contributed by atoms with Crippen LogP contribution in [0.15, 0.2) is 30.3 Å². The van der Waals surface area contributed by atoms with Crippen molar-refractivity contribution in [3.05, 3.63) is 41.7 Å². The fraction of sp³-hybridized carbons (Fsp3) is 0.267. The predicted octanol–water partition coefficient (Wildman–Crippen LogP) is 2.37. The van der Waals surface area contributed by atoms with E-state index in [4.69, 9.17) is 10.00 Å². The van der Waals surface area contributed by atoms with Crippen LogP contribution in [0, 0.1) is 18.3 Å². The predicted molar refractivity (Wildman–Crippen MR) is 78.1 cm³/mol. The summed E-state index contributed by atoms with van der Waals surface area (Å²) in [6.45, 7) is 4.37. The summed E-state index contributed by atoms with van der Waals surface area (Å²) in [4.78, 5) is 12.3. The molecule has 0 radical (unpaired) electrons. The second-order valence-corrected chi connectivity index (χ2v) is 4.42. The largest absolute Gasteiger partial charge is 0.479 e. The summed E-state index contributed by atoms with van der Waals surface area (Å²) in [5, 5.41) is 15.5. The smallest absolute Gasteiger partial charge is 0.273 e. The number of rotatable bonds is 5. The van der Waals surface area contributed by atoms with Crippen LogP contribution in [-0.2, 0) is 6.54 Å². The van der Waals surface area contributed by atoms with Gasteiger partial charge >= 0.3 is 0 Å². The Morgan fingerprint density at radius 1 is 1.48 bits per heavy atom. The minimum absolute atomic E-state index is 0.0286. The summed E-state index contributed by atoms with van der Waals surface area (Å²) in [5.41, 5.74) is 1.92. The molecule has 2 rings (SSSR count). The Morgan fingerprint density at radius 3 is 3.00 bits per heavy atom. The molecule has 1 aromatic carbocycles. The molecule has 1 aromatic heterocycles. The maximum absolute atomic E-state index is 12.3. The molecule has 21 heavy (non-hydrogen) atoms. The SMILES string of the molecule is CCn1nc(C)cc1C(=O)Nc1cccc(OCC#N)c1. The van der Waals surface area contributed by atoms with Gasteiger partial charge in [0, 0.05) is 18.3 Å². The molecule has 108 valence electrons. The Balaban J connectivity index is 2.14. The summed E-state index contributed by atoms with van der Waals surface area (Å²) in [5.74, 6) is 0.310. The highest BCUT2D eigenvalue weighted by Crippen LogP contribution is 2.18. The van der Waals surface area contributed by atoms with Crippen molar-refractivity contribution in [3.8, 4) is 11.8 Å². The third-order valence-corrected chi connectivity index (χ3v) is 2.83. The van der Waals surface area contributed by atoms with Crippen molar-refractivity contribution < 1.29 is 9.53 Å².